The normalized spacial score (nSPS) is 17.5. The number of hydrogen-bond acceptors (Lipinski definition) is 3. The highest BCUT2D eigenvalue weighted by atomic mass is 16.5. The standard InChI is InChI=1S/C17H24N4O2/c1-21(8-2-4-14-5-3-9-23-14)17(22)18-11-13-6-7-15-16(10-13)20-12-19-15/h6-7,10,12,14H,2-5,8-9,11H2,1H3,(H,18,22)(H,19,20)/t14-/m0/s1. The summed E-state index contributed by atoms with van der Waals surface area (Å²) in [4.78, 5) is 21.1. The number of nitrogens with zero attached hydrogens (tertiary/aromatic N) is 2. The van der Waals surface area contributed by atoms with Crippen LogP contribution < -0.4 is 5.32 Å². The highest BCUT2D eigenvalue weighted by Gasteiger charge is 2.16. The van der Waals surface area contributed by atoms with Crippen molar-refractivity contribution >= 4 is 17.1 Å². The summed E-state index contributed by atoms with van der Waals surface area (Å²) < 4.78 is 5.60. The molecular weight excluding hydrogens is 292 g/mol. The Bertz CT molecular complexity index is 649. The summed E-state index contributed by atoms with van der Waals surface area (Å²) in [6.45, 7) is 2.16. The number of carbonyl (C=O) groups is 1. The van der Waals surface area contributed by atoms with Crippen LogP contribution in [0.3, 0.4) is 0 Å². The maximum absolute atomic E-state index is 12.1. The van der Waals surface area contributed by atoms with Crippen molar-refractivity contribution in [1.82, 2.24) is 20.2 Å². The Balaban J connectivity index is 1.40. The van der Waals surface area contributed by atoms with Crippen LogP contribution in [0, 0.1) is 0 Å². The Morgan fingerprint density at radius 1 is 1.52 bits per heavy atom. The molecular formula is C17H24N4O2. The molecule has 1 aromatic heterocycles. The second-order valence-electron chi connectivity index (χ2n) is 6.11. The fourth-order valence-corrected chi connectivity index (χ4v) is 2.94. The third kappa shape index (κ3) is 4.22. The molecule has 0 radical (unpaired) electrons. The Labute approximate surface area is 136 Å². The van der Waals surface area contributed by atoms with Crippen LogP contribution in [0.2, 0.25) is 0 Å². The van der Waals surface area contributed by atoms with Crippen molar-refractivity contribution in [3.63, 3.8) is 0 Å². The fraction of sp³-hybridized carbons (Fsp3) is 0.529. The molecule has 6 nitrogen and oxygen atoms in total. The lowest BCUT2D eigenvalue weighted by atomic mass is 10.1. The predicted molar refractivity (Wildman–Crippen MR) is 89.2 cm³/mol. The van der Waals surface area contributed by atoms with Gasteiger partial charge in [-0.1, -0.05) is 6.07 Å². The van der Waals surface area contributed by atoms with E-state index in [0.29, 0.717) is 12.6 Å². The van der Waals surface area contributed by atoms with Gasteiger partial charge in [-0.3, -0.25) is 0 Å². The van der Waals surface area contributed by atoms with Gasteiger partial charge in [0.1, 0.15) is 0 Å². The lowest BCUT2D eigenvalue weighted by Crippen LogP contribution is -2.37. The van der Waals surface area contributed by atoms with Crippen LogP contribution in [0.1, 0.15) is 31.2 Å². The van der Waals surface area contributed by atoms with E-state index >= 15 is 0 Å². The molecule has 2 amide bonds. The number of amides is 2. The number of rotatable bonds is 6. The molecule has 1 atom stereocenters. The third-order valence-electron chi connectivity index (χ3n) is 4.32. The van der Waals surface area contributed by atoms with Crippen molar-refractivity contribution in [2.45, 2.75) is 38.3 Å². The zero-order valence-electron chi connectivity index (χ0n) is 13.5. The summed E-state index contributed by atoms with van der Waals surface area (Å²) in [5.74, 6) is 0. The first-order chi connectivity index (χ1) is 11.2. The van der Waals surface area contributed by atoms with E-state index < -0.39 is 0 Å². The van der Waals surface area contributed by atoms with Gasteiger partial charge in [-0.2, -0.15) is 0 Å². The molecule has 1 saturated heterocycles. The molecule has 0 saturated carbocycles. The zero-order valence-corrected chi connectivity index (χ0v) is 13.5. The lowest BCUT2D eigenvalue weighted by Gasteiger charge is -2.19. The first-order valence-electron chi connectivity index (χ1n) is 8.25. The van der Waals surface area contributed by atoms with E-state index in [4.69, 9.17) is 4.74 Å². The summed E-state index contributed by atoms with van der Waals surface area (Å²) in [6.07, 6.45) is 6.42. The van der Waals surface area contributed by atoms with Crippen molar-refractivity contribution in [1.29, 1.82) is 0 Å². The Morgan fingerprint density at radius 3 is 3.26 bits per heavy atom. The molecule has 1 aliphatic rings. The molecule has 0 aliphatic carbocycles. The van der Waals surface area contributed by atoms with Crippen LogP contribution in [-0.2, 0) is 11.3 Å². The van der Waals surface area contributed by atoms with Crippen molar-refractivity contribution in [2.24, 2.45) is 0 Å². The Kier molecular flexibility index (Phi) is 5.12. The second-order valence-corrected chi connectivity index (χ2v) is 6.11. The molecule has 3 rings (SSSR count). The summed E-state index contributed by atoms with van der Waals surface area (Å²) in [5.41, 5.74) is 2.98. The van der Waals surface area contributed by atoms with E-state index in [9.17, 15) is 4.79 Å². The van der Waals surface area contributed by atoms with Gasteiger partial charge in [0, 0.05) is 26.7 Å². The van der Waals surface area contributed by atoms with Gasteiger partial charge in [0.05, 0.1) is 23.5 Å². The molecule has 1 aromatic carbocycles. The summed E-state index contributed by atoms with van der Waals surface area (Å²) in [5, 5.41) is 2.96. The van der Waals surface area contributed by atoms with Crippen molar-refractivity contribution in [3.05, 3.63) is 30.1 Å². The van der Waals surface area contributed by atoms with Gasteiger partial charge in [-0.05, 0) is 43.4 Å². The van der Waals surface area contributed by atoms with E-state index in [1.165, 1.54) is 6.42 Å². The molecule has 6 heteroatoms. The summed E-state index contributed by atoms with van der Waals surface area (Å²) in [7, 11) is 1.84. The Morgan fingerprint density at radius 2 is 2.43 bits per heavy atom. The molecule has 1 fully saturated rings. The minimum atomic E-state index is -0.0398. The predicted octanol–water partition coefficient (Wildman–Crippen LogP) is 2.66. The number of benzene rings is 1. The summed E-state index contributed by atoms with van der Waals surface area (Å²) in [6, 6.07) is 5.92. The number of aromatic nitrogens is 2. The summed E-state index contributed by atoms with van der Waals surface area (Å²) >= 11 is 0. The average molecular weight is 316 g/mol. The monoisotopic (exact) mass is 316 g/mol. The van der Waals surface area contributed by atoms with E-state index in [-0.39, 0.29) is 6.03 Å². The molecule has 2 aromatic rings. The van der Waals surface area contributed by atoms with Gasteiger partial charge in [0.15, 0.2) is 0 Å². The molecule has 23 heavy (non-hydrogen) atoms. The highest BCUT2D eigenvalue weighted by molar-refractivity contribution is 5.76. The van der Waals surface area contributed by atoms with Crippen LogP contribution in [0.25, 0.3) is 11.0 Å². The number of fused-ring (bicyclic) bond motifs is 1. The molecule has 2 heterocycles. The smallest absolute Gasteiger partial charge is 0.317 e. The number of H-pyrrole nitrogens is 1. The molecule has 0 spiro atoms. The van der Waals surface area contributed by atoms with E-state index in [2.05, 4.69) is 15.3 Å². The number of nitrogens with one attached hydrogen (secondary N) is 2. The van der Waals surface area contributed by atoms with Gasteiger partial charge in [-0.25, -0.2) is 9.78 Å². The van der Waals surface area contributed by atoms with Gasteiger partial charge < -0.3 is 19.9 Å². The van der Waals surface area contributed by atoms with Crippen LogP contribution in [0.4, 0.5) is 4.79 Å². The first-order valence-corrected chi connectivity index (χ1v) is 8.25. The van der Waals surface area contributed by atoms with Crippen molar-refractivity contribution < 1.29 is 9.53 Å². The SMILES string of the molecule is CN(CCC[C@H]1CCCO1)C(=O)NCc1ccc2nc[nH]c2c1. The van der Waals surface area contributed by atoms with E-state index in [1.807, 2.05) is 25.2 Å². The number of imidazole rings is 1. The largest absolute Gasteiger partial charge is 0.378 e. The third-order valence-corrected chi connectivity index (χ3v) is 4.32. The minimum Gasteiger partial charge on any atom is -0.378 e. The maximum Gasteiger partial charge on any atom is 0.317 e. The number of aromatic amines is 1. The molecule has 0 bridgehead atoms. The van der Waals surface area contributed by atoms with Crippen LogP contribution in [0.15, 0.2) is 24.5 Å². The second kappa shape index (κ2) is 7.46. The maximum atomic E-state index is 12.1. The van der Waals surface area contributed by atoms with Crippen molar-refractivity contribution in [2.75, 3.05) is 20.2 Å². The van der Waals surface area contributed by atoms with Crippen LogP contribution >= 0.6 is 0 Å². The van der Waals surface area contributed by atoms with Crippen LogP contribution in [-0.4, -0.2) is 47.2 Å². The van der Waals surface area contributed by atoms with Gasteiger partial charge >= 0.3 is 6.03 Å². The number of urea groups is 1. The molecule has 0 unspecified atom stereocenters. The Hall–Kier alpha value is -2.08. The molecule has 124 valence electrons. The quantitative estimate of drug-likeness (QED) is 0.861. The highest BCUT2D eigenvalue weighted by Crippen LogP contribution is 2.16. The fourth-order valence-electron chi connectivity index (χ4n) is 2.94. The number of ether oxygens (including phenoxy) is 1. The van der Waals surface area contributed by atoms with Crippen molar-refractivity contribution in [3.8, 4) is 0 Å². The molecule has 1 aliphatic heterocycles. The number of carbonyl (C=O) groups excluding carboxylic acids is 1. The average Bonchev–Trinajstić information content (AvgIpc) is 3.23. The van der Waals surface area contributed by atoms with Gasteiger partial charge in [-0.15, -0.1) is 0 Å². The topological polar surface area (TPSA) is 70.2 Å². The zero-order chi connectivity index (χ0) is 16.1. The molecule has 2 N–H and O–H groups in total. The lowest BCUT2D eigenvalue weighted by molar-refractivity contribution is 0.100. The van der Waals surface area contributed by atoms with Gasteiger partial charge in [0.25, 0.3) is 0 Å². The van der Waals surface area contributed by atoms with Crippen LogP contribution in [0.5, 0.6) is 0 Å². The van der Waals surface area contributed by atoms with Gasteiger partial charge in [0.2, 0.25) is 0 Å². The van der Waals surface area contributed by atoms with E-state index in [0.717, 1.165) is 49.0 Å². The first kappa shape index (κ1) is 15.8. The number of hydrogen-bond donors (Lipinski definition) is 2. The van der Waals surface area contributed by atoms with E-state index in [1.54, 1.807) is 11.2 Å². The minimum absolute atomic E-state index is 0.0398.